The maximum atomic E-state index is 15.2. The molecular formula is C74H101ClN10O17. The molecule has 5 heterocycles. The Hall–Kier alpha value is -8.76. The van der Waals surface area contributed by atoms with Crippen molar-refractivity contribution in [1.29, 1.82) is 0 Å². The average Bonchev–Trinajstić information content (AvgIpc) is 1.51. The first-order chi connectivity index (χ1) is 47.6. The van der Waals surface area contributed by atoms with Crippen LogP contribution in [0.15, 0.2) is 82.5 Å². The second kappa shape index (κ2) is 34.0. The number of aromatic hydroxyl groups is 2. The van der Waals surface area contributed by atoms with Gasteiger partial charge in [-0.05, 0) is 63.7 Å². The molecule has 8 rings (SSSR count). The number of carbonyl (C=O) groups is 9. The molecular weight excluding hydrogens is 1340 g/mol. The number of benzene rings is 3. The van der Waals surface area contributed by atoms with Crippen molar-refractivity contribution in [2.24, 2.45) is 51.2 Å². The second-order valence-corrected chi connectivity index (χ2v) is 28.7. The topological polar surface area (TPSA) is 386 Å². The quantitative estimate of drug-likeness (QED) is 0.0227. The summed E-state index contributed by atoms with van der Waals surface area (Å²) in [7, 11) is 1.44. The molecule has 0 radical (unpaired) electrons. The number of Topliss-reactive ketones (excluding diaryl/α,β-unsaturated/α-hetero) is 1. The Bertz CT molecular complexity index is 3920. The fraction of sp³-hybridized carbons (Fsp3) is 0.554. The maximum Gasteiger partial charge on any atom is 0.312 e. The molecule has 11 atom stereocenters. The Labute approximate surface area is 600 Å². The minimum atomic E-state index is -2.07. The minimum absolute atomic E-state index is 0. The van der Waals surface area contributed by atoms with Crippen LogP contribution in [0.25, 0.3) is 10.8 Å². The number of urea groups is 1. The molecule has 0 aliphatic carbocycles. The molecule has 1 saturated heterocycles. The zero-order valence-electron chi connectivity index (χ0n) is 60.5. The van der Waals surface area contributed by atoms with Crippen LogP contribution >= 0.6 is 0 Å². The summed E-state index contributed by atoms with van der Waals surface area (Å²) in [6, 6.07) is 4.55. The van der Waals surface area contributed by atoms with Crippen molar-refractivity contribution in [3.05, 3.63) is 100.0 Å². The Morgan fingerprint density at radius 3 is 2.11 bits per heavy atom. The second-order valence-electron chi connectivity index (χ2n) is 28.7. The third-order valence-electron chi connectivity index (χ3n) is 20.1. The number of anilines is 2. The van der Waals surface area contributed by atoms with Crippen molar-refractivity contribution in [3.8, 4) is 17.2 Å². The van der Waals surface area contributed by atoms with Gasteiger partial charge in [-0.15, -0.1) is 0 Å². The molecule has 5 aliphatic rings. The molecule has 0 unspecified atom stereocenters. The smallest absolute Gasteiger partial charge is 0.312 e. The van der Waals surface area contributed by atoms with E-state index in [4.69, 9.17) is 34.7 Å². The molecule has 102 heavy (non-hydrogen) atoms. The molecule has 0 aromatic heterocycles. The summed E-state index contributed by atoms with van der Waals surface area (Å²) < 4.78 is 24.9. The fourth-order valence-electron chi connectivity index (χ4n) is 14.4. The van der Waals surface area contributed by atoms with E-state index in [0.717, 1.165) is 17.0 Å². The van der Waals surface area contributed by atoms with Crippen LogP contribution in [0.4, 0.5) is 16.2 Å². The first-order valence-corrected chi connectivity index (χ1v) is 34.9. The van der Waals surface area contributed by atoms with Crippen molar-refractivity contribution in [3.63, 3.8) is 0 Å². The highest BCUT2D eigenvalue weighted by atomic mass is 35.5. The molecule has 1 fully saturated rings. The van der Waals surface area contributed by atoms with Gasteiger partial charge < -0.3 is 88.6 Å². The number of methoxy groups -OCH3 is 1. The number of halogens is 1. The number of ether oxygens (including phenoxy) is 4. The number of piperidine rings is 1. The summed E-state index contributed by atoms with van der Waals surface area (Å²) in [6.07, 6.45) is 8.69. The van der Waals surface area contributed by atoms with E-state index in [-0.39, 0.29) is 124 Å². The summed E-state index contributed by atoms with van der Waals surface area (Å²) in [5.74, 6) is -10.1. The van der Waals surface area contributed by atoms with Crippen LogP contribution < -0.4 is 60.2 Å². The van der Waals surface area contributed by atoms with Crippen LogP contribution in [0.1, 0.15) is 149 Å². The standard InChI is InChI=1S/C74H100N10O17.ClH/c1-39(2)37-84(38-48-23-25-49(26-24-48)77-70(95)50(21-18-32-76-72(75)97)78-71(96)58(40(3)4)79-52(86)22-15-14-16-33-83-53(87)27-28-54(83)88)34-30-74(31-35-84)81-59-55-56-64(91)46(10)67-57(55)68(93)73(12,101-67)99-36-29-51(98-13)43(7)66(100-47(11)85)45(9)63(90)44(8)62(89)41(5)19-17-20-42(6)69(94)80-61(65(56)92)60(59)82-74;/h17,19-20,23-29,36,39-41,43-45,50-51,58,62-63,66,89-90H,14-16,18,21-22,30-35,37-38H2,1-13H3,(H8-,75,76,77,78,79,80,81,82,86,87,88,91,92,93,94,95,96,97);1H/b19-17-,36-29?,42-20-;/t41-,43+,44+,45+,50-,51-,58-,62-,63+,66+,73-,74?,84?;/m0./s1. The monoisotopic (exact) mass is 1440 g/mol. The summed E-state index contributed by atoms with van der Waals surface area (Å²) in [5.41, 5.74) is 5.58. The van der Waals surface area contributed by atoms with Gasteiger partial charge in [0.05, 0.1) is 60.5 Å². The van der Waals surface area contributed by atoms with Crippen molar-refractivity contribution < 1.29 is 99.4 Å². The van der Waals surface area contributed by atoms with Crippen molar-refractivity contribution in [2.45, 2.75) is 189 Å². The number of aliphatic hydroxyl groups is 2. The number of phenols is 2. The Balaban J connectivity index is 0.0000146. The first kappa shape index (κ1) is 80.6. The maximum absolute atomic E-state index is 15.2. The number of rotatable bonds is 22. The number of primary amides is 1. The van der Waals surface area contributed by atoms with Gasteiger partial charge in [-0.25, -0.2) is 4.79 Å². The molecule has 0 saturated carbocycles. The first-order valence-electron chi connectivity index (χ1n) is 34.9. The molecule has 4 bridgehead atoms. The number of hydrogen-bond donors (Lipinski definition) is 10. The van der Waals surface area contributed by atoms with Gasteiger partial charge in [0.1, 0.15) is 47.3 Å². The Morgan fingerprint density at radius 2 is 1.49 bits per heavy atom. The lowest BCUT2D eigenvalue weighted by atomic mass is 9.78. The number of unbranched alkanes of at least 4 members (excludes halogenated alkanes) is 2. The average molecular weight is 1440 g/mol. The van der Waals surface area contributed by atoms with Crippen LogP contribution in [-0.2, 0) is 54.3 Å². The molecule has 27 nitrogen and oxygen atoms in total. The molecule has 8 amide bonds. The highest BCUT2D eigenvalue weighted by Gasteiger charge is 2.51. The number of quaternary nitrogens is 1. The van der Waals surface area contributed by atoms with E-state index >= 15 is 4.79 Å². The summed E-state index contributed by atoms with van der Waals surface area (Å²) >= 11 is 0. The van der Waals surface area contributed by atoms with E-state index in [1.54, 1.807) is 72.8 Å². The highest BCUT2D eigenvalue weighted by molar-refractivity contribution is 6.20. The van der Waals surface area contributed by atoms with E-state index in [1.165, 1.54) is 58.4 Å². The van der Waals surface area contributed by atoms with Crippen LogP contribution in [0.5, 0.6) is 17.2 Å². The van der Waals surface area contributed by atoms with Gasteiger partial charge in [0.25, 0.3) is 23.5 Å². The number of imide groups is 1. The minimum Gasteiger partial charge on any atom is -1.00 e. The van der Waals surface area contributed by atoms with Crippen LogP contribution in [0, 0.1) is 42.4 Å². The molecule has 1 spiro atoms. The van der Waals surface area contributed by atoms with E-state index in [2.05, 4.69) is 40.4 Å². The zero-order valence-corrected chi connectivity index (χ0v) is 61.3. The van der Waals surface area contributed by atoms with Crippen LogP contribution in [0.2, 0.25) is 0 Å². The van der Waals surface area contributed by atoms with Crippen LogP contribution in [0.3, 0.4) is 0 Å². The number of fused-ring (bicyclic) bond motifs is 1. The predicted molar refractivity (Wildman–Crippen MR) is 375 cm³/mol. The summed E-state index contributed by atoms with van der Waals surface area (Å²) in [6.45, 7) is 23.2. The number of allylic oxidation sites excluding steroid dienone is 2. The predicted octanol–water partition coefficient (Wildman–Crippen LogP) is 2.97. The highest BCUT2D eigenvalue weighted by Crippen LogP contribution is 2.50. The van der Waals surface area contributed by atoms with Crippen molar-refractivity contribution in [1.82, 2.24) is 20.9 Å². The number of ketones is 1. The number of esters is 1. The number of nitrogens with one attached hydrogen (secondary N) is 5. The lowest BCUT2D eigenvalue weighted by molar-refractivity contribution is -0.948. The van der Waals surface area contributed by atoms with Gasteiger partial charge >= 0.3 is 17.8 Å². The van der Waals surface area contributed by atoms with E-state index in [0.29, 0.717) is 61.9 Å². The summed E-state index contributed by atoms with van der Waals surface area (Å²) in [5, 5.41) is 62.1. The molecule has 5 aliphatic heterocycles. The number of amides is 8. The SMILES string of the molecule is CO[C@H]1C=CO[C@@]2(C)Oc3c(C)c(O)c4c(O)c(c5c(c4c3C2=O)=NC2(CC[N+](Cc3ccc(NC(=O)[C@H](CCCNC(N)=O)NC(=O)[C@@H](NC(=O)CCCCCN4C(=O)C=CC4=O)C(C)C)cc3)(CC(C)C)CC2)N=5)NC(=O)/C(C)=C\C=C/[C@H](C)[C@H](O)[C@@H](C)[C@@H](O)[C@@H](C)[C@H](OC(C)=O)[C@@H]1C.[Cl-]. The van der Waals surface area contributed by atoms with Gasteiger partial charge in [0.2, 0.25) is 17.7 Å². The molecule has 3 aromatic rings. The normalized spacial score (nSPS) is 27.1. The molecule has 556 valence electrons. The van der Waals surface area contributed by atoms with Gasteiger partial charge in [-0.2, -0.15) is 0 Å². The number of likely N-dealkylation sites (tertiary alicyclic amines) is 1. The summed E-state index contributed by atoms with van der Waals surface area (Å²) in [4.78, 5) is 131. The number of nitrogens with zero attached hydrogens (tertiary/aromatic N) is 4. The van der Waals surface area contributed by atoms with E-state index in [1.807, 2.05) is 12.1 Å². The Morgan fingerprint density at radius 1 is 0.833 bits per heavy atom. The van der Waals surface area contributed by atoms with Crippen molar-refractivity contribution in [2.75, 3.05) is 50.5 Å². The van der Waals surface area contributed by atoms with Gasteiger partial charge in [0, 0.05) is 123 Å². The molecule has 28 heteroatoms. The van der Waals surface area contributed by atoms with Crippen LogP contribution in [-0.4, -0.2) is 171 Å². The number of nitrogens with two attached hydrogens (primary N) is 1. The van der Waals surface area contributed by atoms with E-state index < -0.39 is 119 Å². The van der Waals surface area contributed by atoms with E-state index in [9.17, 15) is 58.8 Å². The largest absolute Gasteiger partial charge is 1.00 e. The lowest BCUT2D eigenvalue weighted by Crippen LogP contribution is -3.00. The van der Waals surface area contributed by atoms with Crippen molar-refractivity contribution >= 4 is 75.4 Å². The fourth-order valence-corrected chi connectivity index (χ4v) is 14.4. The molecule has 11 N–H and O–H groups in total. The lowest BCUT2D eigenvalue weighted by Gasteiger charge is -2.46. The number of phenolic OH excluding ortho intramolecular Hbond substituents is 2. The number of carbonyl (C=O) groups excluding carboxylic acids is 9. The Kier molecular flexibility index (Phi) is 26.9. The third kappa shape index (κ3) is 18.3. The number of hydrogen-bond acceptors (Lipinski definition) is 19. The molecule has 3 aromatic carbocycles. The number of aliphatic hydroxyl groups excluding tert-OH is 2. The third-order valence-corrected chi connectivity index (χ3v) is 20.1. The van der Waals surface area contributed by atoms with Gasteiger partial charge in [0.15, 0.2) is 11.4 Å². The zero-order chi connectivity index (χ0) is 74.2. The van der Waals surface area contributed by atoms with Gasteiger partial charge in [-0.1, -0.05) is 92.2 Å². The van der Waals surface area contributed by atoms with Gasteiger partial charge in [-0.3, -0.25) is 53.2 Å².